The number of aliphatic hydroxyl groups is 1. The normalized spacial score (nSPS) is 23.8. The van der Waals surface area contributed by atoms with Gasteiger partial charge in [0.05, 0.1) is 16.0 Å². The zero-order chi connectivity index (χ0) is 19.1. The number of carbonyl (C=O) groups is 1. The van der Waals surface area contributed by atoms with Crippen molar-refractivity contribution in [3.8, 4) is 0 Å². The Labute approximate surface area is 172 Å². The highest BCUT2D eigenvalue weighted by atomic mass is 35.5. The third-order valence-corrected chi connectivity index (χ3v) is 6.15. The standard InChI is InChI=1S/C19H17Cl4NO2/c1-24-7-6-19(26,13-4-3-12(20)9-16(13)22)14(10-24)18(25)11-2-5-15(21)17(23)8-11/h2-5,8-9,14,26H,6-7,10H2,1H3/t14-,19+/m0/s1. The summed E-state index contributed by atoms with van der Waals surface area (Å²) in [6, 6.07) is 9.66. The topological polar surface area (TPSA) is 40.5 Å². The minimum atomic E-state index is -1.39. The fourth-order valence-corrected chi connectivity index (χ4v) is 4.27. The SMILES string of the molecule is CN1CC[C@@](O)(c2ccc(Cl)cc2Cl)[C@H](C(=O)c2ccc(Cl)c(Cl)c2)C1. The fourth-order valence-electron chi connectivity index (χ4n) is 3.40. The highest BCUT2D eigenvalue weighted by molar-refractivity contribution is 6.42. The summed E-state index contributed by atoms with van der Waals surface area (Å²) in [5.41, 5.74) is -0.476. The van der Waals surface area contributed by atoms with Gasteiger partial charge in [0.15, 0.2) is 5.78 Å². The molecule has 0 aromatic heterocycles. The summed E-state index contributed by atoms with van der Waals surface area (Å²) in [6.07, 6.45) is 0.378. The van der Waals surface area contributed by atoms with Crippen molar-refractivity contribution in [2.75, 3.05) is 20.1 Å². The summed E-state index contributed by atoms with van der Waals surface area (Å²) in [5, 5.41) is 13.0. The van der Waals surface area contributed by atoms with E-state index in [-0.39, 0.29) is 5.78 Å². The summed E-state index contributed by atoms with van der Waals surface area (Å²) in [7, 11) is 1.91. The Morgan fingerprint density at radius 2 is 1.81 bits per heavy atom. The van der Waals surface area contributed by atoms with Crippen LogP contribution in [0.5, 0.6) is 0 Å². The summed E-state index contributed by atoms with van der Waals surface area (Å²) >= 11 is 24.3. The van der Waals surface area contributed by atoms with Crippen LogP contribution in [0.4, 0.5) is 0 Å². The van der Waals surface area contributed by atoms with Crippen LogP contribution in [-0.2, 0) is 5.60 Å². The number of halogens is 4. The van der Waals surface area contributed by atoms with Crippen LogP contribution in [0.25, 0.3) is 0 Å². The lowest BCUT2D eigenvalue weighted by molar-refractivity contribution is -0.0593. The van der Waals surface area contributed by atoms with Crippen LogP contribution in [-0.4, -0.2) is 35.9 Å². The molecular formula is C19H17Cl4NO2. The van der Waals surface area contributed by atoms with Gasteiger partial charge in [-0.2, -0.15) is 0 Å². The maximum absolute atomic E-state index is 13.2. The van der Waals surface area contributed by atoms with Crippen molar-refractivity contribution in [1.29, 1.82) is 0 Å². The molecule has 0 spiro atoms. The number of benzene rings is 2. The van der Waals surface area contributed by atoms with Crippen molar-refractivity contribution in [2.45, 2.75) is 12.0 Å². The minimum absolute atomic E-state index is 0.205. The number of ketones is 1. The second-order valence-electron chi connectivity index (χ2n) is 6.61. The number of piperidine rings is 1. The van der Waals surface area contributed by atoms with Gasteiger partial charge in [-0.1, -0.05) is 52.5 Å². The van der Waals surface area contributed by atoms with Gasteiger partial charge in [0, 0.05) is 34.3 Å². The zero-order valence-corrected chi connectivity index (χ0v) is 17.0. The lowest BCUT2D eigenvalue weighted by Gasteiger charge is -2.43. The van der Waals surface area contributed by atoms with Gasteiger partial charge in [-0.05, 0) is 43.8 Å². The molecule has 1 N–H and O–H groups in total. The third-order valence-electron chi connectivity index (χ3n) is 4.86. The van der Waals surface area contributed by atoms with Crippen molar-refractivity contribution in [3.63, 3.8) is 0 Å². The van der Waals surface area contributed by atoms with E-state index in [0.717, 1.165) is 0 Å². The molecule has 7 heteroatoms. The van der Waals surface area contributed by atoms with Gasteiger partial charge in [0.2, 0.25) is 0 Å². The number of hydrogen-bond acceptors (Lipinski definition) is 3. The molecule has 1 aliphatic heterocycles. The van der Waals surface area contributed by atoms with Gasteiger partial charge in [-0.3, -0.25) is 4.79 Å². The van der Waals surface area contributed by atoms with Gasteiger partial charge in [-0.15, -0.1) is 0 Å². The molecule has 2 aromatic rings. The largest absolute Gasteiger partial charge is 0.384 e. The van der Waals surface area contributed by atoms with Crippen LogP contribution in [0.1, 0.15) is 22.3 Å². The van der Waals surface area contributed by atoms with E-state index in [0.29, 0.717) is 50.7 Å². The predicted octanol–water partition coefficient (Wildman–Crippen LogP) is 5.32. The monoisotopic (exact) mass is 431 g/mol. The average molecular weight is 433 g/mol. The lowest BCUT2D eigenvalue weighted by Crippen LogP contribution is -2.52. The molecule has 0 unspecified atom stereocenters. The molecule has 1 fully saturated rings. The number of rotatable bonds is 3. The predicted molar refractivity (Wildman–Crippen MR) is 107 cm³/mol. The van der Waals surface area contributed by atoms with E-state index in [1.54, 1.807) is 30.3 Å². The second-order valence-corrected chi connectivity index (χ2v) is 8.26. The molecule has 26 heavy (non-hydrogen) atoms. The van der Waals surface area contributed by atoms with Crippen molar-refractivity contribution in [3.05, 3.63) is 67.6 Å². The van der Waals surface area contributed by atoms with Crippen LogP contribution in [0.3, 0.4) is 0 Å². The molecule has 0 saturated carbocycles. The second kappa shape index (κ2) is 7.67. The molecular weight excluding hydrogens is 416 g/mol. The molecule has 2 atom stereocenters. The number of Topliss-reactive ketones (excluding diaryl/α,β-unsaturated/α-hetero) is 1. The Balaban J connectivity index is 2.05. The van der Waals surface area contributed by atoms with Crippen LogP contribution >= 0.6 is 46.4 Å². The number of hydrogen-bond donors (Lipinski definition) is 1. The van der Waals surface area contributed by atoms with Gasteiger partial charge in [0.1, 0.15) is 5.60 Å². The zero-order valence-electron chi connectivity index (χ0n) is 14.0. The third kappa shape index (κ3) is 3.75. The van der Waals surface area contributed by atoms with E-state index in [9.17, 15) is 9.90 Å². The minimum Gasteiger partial charge on any atom is -0.384 e. The van der Waals surface area contributed by atoms with Crippen LogP contribution in [0, 0.1) is 5.92 Å². The lowest BCUT2D eigenvalue weighted by atomic mass is 9.72. The highest BCUT2D eigenvalue weighted by Gasteiger charge is 2.47. The van der Waals surface area contributed by atoms with Crippen LogP contribution in [0.2, 0.25) is 20.1 Å². The molecule has 0 radical (unpaired) electrons. The van der Waals surface area contributed by atoms with Crippen LogP contribution < -0.4 is 0 Å². The smallest absolute Gasteiger partial charge is 0.170 e. The first-order valence-electron chi connectivity index (χ1n) is 8.08. The Hall–Kier alpha value is -0.810. The first-order valence-corrected chi connectivity index (χ1v) is 9.59. The fraction of sp³-hybridized carbons (Fsp3) is 0.316. The Kier molecular flexibility index (Phi) is 5.88. The van der Waals surface area contributed by atoms with E-state index in [1.807, 2.05) is 11.9 Å². The Morgan fingerprint density at radius 3 is 2.46 bits per heavy atom. The first kappa shape index (κ1) is 19.9. The van der Waals surface area contributed by atoms with E-state index < -0.39 is 11.5 Å². The summed E-state index contributed by atoms with van der Waals surface area (Å²) < 4.78 is 0. The quantitative estimate of drug-likeness (QED) is 0.667. The van der Waals surface area contributed by atoms with Crippen molar-refractivity contribution in [1.82, 2.24) is 4.90 Å². The molecule has 138 valence electrons. The van der Waals surface area contributed by atoms with Crippen molar-refractivity contribution < 1.29 is 9.90 Å². The summed E-state index contributed by atoms with van der Waals surface area (Å²) in [6.45, 7) is 1.04. The number of carbonyl (C=O) groups excluding carboxylic acids is 1. The van der Waals surface area contributed by atoms with Crippen molar-refractivity contribution >= 4 is 52.2 Å². The van der Waals surface area contributed by atoms with E-state index >= 15 is 0 Å². The van der Waals surface area contributed by atoms with E-state index in [1.165, 1.54) is 6.07 Å². The average Bonchev–Trinajstić information content (AvgIpc) is 2.59. The Bertz CT molecular complexity index is 857. The molecule has 3 rings (SSSR count). The Morgan fingerprint density at radius 1 is 1.08 bits per heavy atom. The molecule has 1 aliphatic rings. The molecule has 0 amide bonds. The van der Waals surface area contributed by atoms with E-state index in [4.69, 9.17) is 46.4 Å². The molecule has 2 aromatic carbocycles. The van der Waals surface area contributed by atoms with Gasteiger partial charge < -0.3 is 10.0 Å². The van der Waals surface area contributed by atoms with Gasteiger partial charge >= 0.3 is 0 Å². The molecule has 0 bridgehead atoms. The molecule has 0 aliphatic carbocycles. The van der Waals surface area contributed by atoms with E-state index in [2.05, 4.69) is 0 Å². The van der Waals surface area contributed by atoms with Gasteiger partial charge in [0.25, 0.3) is 0 Å². The summed E-state index contributed by atoms with van der Waals surface area (Å²) in [5.74, 6) is -0.902. The summed E-state index contributed by atoms with van der Waals surface area (Å²) in [4.78, 5) is 15.2. The molecule has 3 nitrogen and oxygen atoms in total. The first-order chi connectivity index (χ1) is 12.2. The number of likely N-dealkylation sites (tertiary alicyclic amines) is 1. The number of nitrogens with zero attached hydrogens (tertiary/aromatic N) is 1. The van der Waals surface area contributed by atoms with Crippen molar-refractivity contribution in [2.24, 2.45) is 5.92 Å². The molecule has 1 heterocycles. The van der Waals surface area contributed by atoms with Gasteiger partial charge in [-0.25, -0.2) is 0 Å². The molecule has 1 saturated heterocycles. The van der Waals surface area contributed by atoms with Crippen LogP contribution in [0.15, 0.2) is 36.4 Å². The maximum atomic E-state index is 13.2. The highest BCUT2D eigenvalue weighted by Crippen LogP contribution is 2.42. The maximum Gasteiger partial charge on any atom is 0.170 e.